The van der Waals surface area contributed by atoms with Gasteiger partial charge in [-0.1, -0.05) is 12.8 Å². The van der Waals surface area contributed by atoms with Gasteiger partial charge in [0.05, 0.1) is 6.61 Å². The van der Waals surface area contributed by atoms with Gasteiger partial charge >= 0.3 is 0 Å². The number of aromatic nitrogens is 4. The predicted molar refractivity (Wildman–Crippen MR) is 88.6 cm³/mol. The average molecular weight is 350 g/mol. The molecule has 2 fully saturated rings. The van der Waals surface area contributed by atoms with E-state index < -0.39 is 31.1 Å². The molecule has 6 N–H and O–H groups in total. The van der Waals surface area contributed by atoms with Crippen LogP contribution in [0.1, 0.15) is 31.9 Å². The first-order valence-corrected chi connectivity index (χ1v) is 8.47. The lowest BCUT2D eigenvalue weighted by Crippen LogP contribution is -2.33. The first-order valence-electron chi connectivity index (χ1n) is 8.47. The Morgan fingerprint density at radius 3 is 2.68 bits per heavy atom. The summed E-state index contributed by atoms with van der Waals surface area (Å²) >= 11 is 0. The third kappa shape index (κ3) is 2.71. The van der Waals surface area contributed by atoms with Crippen LogP contribution in [0.15, 0.2) is 6.33 Å². The maximum absolute atomic E-state index is 10.4. The summed E-state index contributed by atoms with van der Waals surface area (Å²) in [6, 6.07) is 0.266. The summed E-state index contributed by atoms with van der Waals surface area (Å²) in [5.41, 5.74) is 6.72. The lowest BCUT2D eigenvalue weighted by atomic mass is 10.1. The van der Waals surface area contributed by atoms with Gasteiger partial charge < -0.3 is 31.1 Å². The number of hydrogen-bond donors (Lipinski definition) is 5. The molecular formula is C15H22N6O4. The molecule has 136 valence electrons. The molecule has 1 saturated heterocycles. The van der Waals surface area contributed by atoms with E-state index in [-0.39, 0.29) is 11.9 Å². The zero-order valence-electron chi connectivity index (χ0n) is 13.6. The van der Waals surface area contributed by atoms with Crippen molar-refractivity contribution in [1.29, 1.82) is 0 Å². The van der Waals surface area contributed by atoms with Crippen LogP contribution >= 0.6 is 0 Å². The first kappa shape index (κ1) is 16.5. The van der Waals surface area contributed by atoms with Gasteiger partial charge in [-0.05, 0) is 12.8 Å². The largest absolute Gasteiger partial charge is 0.394 e. The summed E-state index contributed by atoms with van der Waals surface area (Å²) < 4.78 is 7.26. The molecule has 0 bridgehead atoms. The highest BCUT2D eigenvalue weighted by Crippen LogP contribution is 2.36. The molecular weight excluding hydrogens is 328 g/mol. The average Bonchev–Trinajstić information content (AvgIpc) is 3.30. The molecule has 4 atom stereocenters. The Bertz CT molecular complexity index is 762. The van der Waals surface area contributed by atoms with Gasteiger partial charge in [0.1, 0.15) is 24.6 Å². The van der Waals surface area contributed by atoms with E-state index in [4.69, 9.17) is 10.5 Å². The number of nitrogens with one attached hydrogen (secondary N) is 1. The van der Waals surface area contributed by atoms with Crippen molar-refractivity contribution in [3.63, 3.8) is 0 Å². The summed E-state index contributed by atoms with van der Waals surface area (Å²) in [7, 11) is 0. The summed E-state index contributed by atoms with van der Waals surface area (Å²) in [6.45, 7) is -0.399. The zero-order valence-corrected chi connectivity index (χ0v) is 13.6. The highest BCUT2D eigenvalue weighted by Gasteiger charge is 2.45. The molecule has 10 heteroatoms. The van der Waals surface area contributed by atoms with Gasteiger partial charge in [0.25, 0.3) is 0 Å². The number of nitrogen functional groups attached to an aromatic ring is 1. The molecule has 0 radical (unpaired) electrons. The standard InChI is InChI=1S/C15H22N6O4/c16-12-9-13(18-6-17-12)21(14-11(24)10(23)8(5-22)25-14)15(20-9)19-7-3-1-2-4-7/h6-8,10-11,14,22-24H,1-5H2,(H,19,20)(H2,16,17,18)/t8-,10-,11-,14?/m1/s1. The van der Waals surface area contributed by atoms with Gasteiger partial charge in [0.15, 0.2) is 23.2 Å². The number of imidazole rings is 1. The predicted octanol–water partition coefficient (Wildman–Crippen LogP) is -0.626. The van der Waals surface area contributed by atoms with E-state index in [1.54, 1.807) is 4.57 Å². The van der Waals surface area contributed by atoms with Crippen molar-refractivity contribution in [2.45, 2.75) is 56.3 Å². The van der Waals surface area contributed by atoms with Crippen molar-refractivity contribution >= 4 is 22.9 Å². The van der Waals surface area contributed by atoms with E-state index in [1.165, 1.54) is 6.33 Å². The lowest BCUT2D eigenvalue weighted by Gasteiger charge is -2.21. The second-order valence-corrected chi connectivity index (χ2v) is 6.59. The van der Waals surface area contributed by atoms with Gasteiger partial charge in [-0.25, -0.2) is 15.0 Å². The van der Waals surface area contributed by atoms with E-state index in [1.807, 2.05) is 0 Å². The molecule has 1 unspecified atom stereocenters. The SMILES string of the molecule is Nc1ncnc2c1nc(NC1CCCC1)n2C1O[C@H](CO)[C@@H](O)[C@H]1O. The van der Waals surface area contributed by atoms with Crippen molar-refractivity contribution in [2.24, 2.45) is 0 Å². The minimum atomic E-state index is -1.23. The number of hydrogen-bond acceptors (Lipinski definition) is 9. The number of ether oxygens (including phenoxy) is 1. The van der Waals surface area contributed by atoms with Crippen LogP contribution in [0.25, 0.3) is 11.2 Å². The molecule has 0 spiro atoms. The summed E-state index contributed by atoms with van der Waals surface area (Å²) in [5.74, 6) is 0.689. The number of aliphatic hydroxyl groups excluding tert-OH is 3. The van der Waals surface area contributed by atoms with Crippen molar-refractivity contribution in [3.8, 4) is 0 Å². The van der Waals surface area contributed by atoms with Crippen LogP contribution in [0.4, 0.5) is 11.8 Å². The van der Waals surface area contributed by atoms with Crippen LogP contribution in [0.3, 0.4) is 0 Å². The van der Waals surface area contributed by atoms with Crippen molar-refractivity contribution in [3.05, 3.63) is 6.33 Å². The minimum Gasteiger partial charge on any atom is -0.394 e. The second-order valence-electron chi connectivity index (χ2n) is 6.59. The highest BCUT2D eigenvalue weighted by molar-refractivity contribution is 5.84. The van der Waals surface area contributed by atoms with Gasteiger partial charge in [-0.15, -0.1) is 0 Å². The number of rotatable bonds is 4. The van der Waals surface area contributed by atoms with Crippen LogP contribution in [0.2, 0.25) is 0 Å². The minimum absolute atomic E-state index is 0.227. The van der Waals surface area contributed by atoms with Crippen molar-refractivity contribution in [2.75, 3.05) is 17.7 Å². The lowest BCUT2D eigenvalue weighted by molar-refractivity contribution is -0.0501. The summed E-state index contributed by atoms with van der Waals surface area (Å²) in [6.07, 6.45) is 1.42. The Balaban J connectivity index is 1.78. The van der Waals surface area contributed by atoms with E-state index in [0.717, 1.165) is 25.7 Å². The number of fused-ring (bicyclic) bond motifs is 1. The monoisotopic (exact) mass is 350 g/mol. The molecule has 2 aromatic heterocycles. The molecule has 2 aliphatic rings. The van der Waals surface area contributed by atoms with Crippen LogP contribution in [-0.2, 0) is 4.74 Å². The van der Waals surface area contributed by atoms with Crippen molar-refractivity contribution < 1.29 is 20.1 Å². The Hall–Kier alpha value is -2.01. The Kier molecular flexibility index (Phi) is 4.20. The third-order valence-corrected chi connectivity index (χ3v) is 4.97. The second kappa shape index (κ2) is 6.37. The Morgan fingerprint density at radius 2 is 2.00 bits per heavy atom. The molecule has 1 aliphatic heterocycles. The number of anilines is 2. The van der Waals surface area contributed by atoms with Crippen LogP contribution < -0.4 is 11.1 Å². The summed E-state index contributed by atoms with van der Waals surface area (Å²) in [5, 5.41) is 33.2. The Morgan fingerprint density at radius 1 is 1.24 bits per heavy atom. The van der Waals surface area contributed by atoms with Crippen LogP contribution in [0, 0.1) is 0 Å². The molecule has 1 aliphatic carbocycles. The van der Waals surface area contributed by atoms with Gasteiger partial charge in [-0.2, -0.15) is 0 Å². The highest BCUT2D eigenvalue weighted by atomic mass is 16.6. The number of nitrogens with zero attached hydrogens (tertiary/aromatic N) is 4. The third-order valence-electron chi connectivity index (χ3n) is 4.97. The van der Waals surface area contributed by atoms with Crippen LogP contribution in [-0.4, -0.2) is 65.8 Å². The van der Waals surface area contributed by atoms with E-state index >= 15 is 0 Å². The topological polar surface area (TPSA) is 152 Å². The molecule has 25 heavy (non-hydrogen) atoms. The zero-order chi connectivity index (χ0) is 17.6. The molecule has 2 aromatic rings. The molecule has 0 aromatic carbocycles. The fourth-order valence-corrected chi connectivity index (χ4v) is 3.62. The molecule has 0 amide bonds. The van der Waals surface area contributed by atoms with Crippen LogP contribution in [0.5, 0.6) is 0 Å². The summed E-state index contributed by atoms with van der Waals surface area (Å²) in [4.78, 5) is 12.7. The first-order chi connectivity index (χ1) is 12.1. The molecule has 10 nitrogen and oxygen atoms in total. The molecule has 1 saturated carbocycles. The normalized spacial score (nSPS) is 30.4. The molecule has 4 rings (SSSR count). The number of aliphatic hydroxyl groups is 3. The van der Waals surface area contributed by atoms with E-state index in [0.29, 0.717) is 17.1 Å². The smallest absolute Gasteiger partial charge is 0.207 e. The van der Waals surface area contributed by atoms with E-state index in [2.05, 4.69) is 20.3 Å². The fourth-order valence-electron chi connectivity index (χ4n) is 3.62. The van der Waals surface area contributed by atoms with Gasteiger partial charge in [0.2, 0.25) is 5.95 Å². The fraction of sp³-hybridized carbons (Fsp3) is 0.667. The molecule has 3 heterocycles. The van der Waals surface area contributed by atoms with Gasteiger partial charge in [-0.3, -0.25) is 4.57 Å². The Labute approximate surface area is 143 Å². The number of nitrogens with two attached hydrogens (primary N) is 1. The van der Waals surface area contributed by atoms with E-state index in [9.17, 15) is 15.3 Å². The van der Waals surface area contributed by atoms with Gasteiger partial charge in [0, 0.05) is 6.04 Å². The maximum Gasteiger partial charge on any atom is 0.207 e. The quantitative estimate of drug-likeness (QED) is 0.485. The van der Waals surface area contributed by atoms with Crippen molar-refractivity contribution in [1.82, 2.24) is 19.5 Å². The maximum atomic E-state index is 10.4.